The van der Waals surface area contributed by atoms with Gasteiger partial charge < -0.3 is 10.2 Å². The van der Waals surface area contributed by atoms with E-state index in [-0.39, 0.29) is 5.75 Å². The van der Waals surface area contributed by atoms with Crippen LogP contribution in [0.3, 0.4) is 0 Å². The SMILES string of the molecule is O=C(O)C[C@H]1CS(=O)(=O)C[C@H]1C(=O)O. The second-order valence-electron chi connectivity index (χ2n) is 3.38. The Morgan fingerprint density at radius 3 is 2.21 bits per heavy atom. The van der Waals surface area contributed by atoms with Crippen molar-refractivity contribution in [2.45, 2.75) is 6.42 Å². The number of hydrogen-bond acceptors (Lipinski definition) is 4. The van der Waals surface area contributed by atoms with E-state index in [4.69, 9.17) is 10.2 Å². The van der Waals surface area contributed by atoms with Gasteiger partial charge in [0, 0.05) is 6.42 Å². The van der Waals surface area contributed by atoms with Crippen molar-refractivity contribution in [2.75, 3.05) is 11.5 Å². The summed E-state index contributed by atoms with van der Waals surface area (Å²) < 4.78 is 22.2. The molecule has 2 atom stereocenters. The van der Waals surface area contributed by atoms with E-state index in [0.29, 0.717) is 0 Å². The van der Waals surface area contributed by atoms with E-state index in [1.807, 2.05) is 0 Å². The molecular formula is C7H10O6S. The normalized spacial score (nSPS) is 30.0. The minimum Gasteiger partial charge on any atom is -0.481 e. The van der Waals surface area contributed by atoms with Crippen molar-refractivity contribution in [1.29, 1.82) is 0 Å². The van der Waals surface area contributed by atoms with Gasteiger partial charge >= 0.3 is 11.9 Å². The van der Waals surface area contributed by atoms with Crippen LogP contribution in [0.15, 0.2) is 0 Å². The van der Waals surface area contributed by atoms with Gasteiger partial charge in [-0.05, 0) is 5.92 Å². The zero-order chi connectivity index (χ0) is 10.9. The summed E-state index contributed by atoms with van der Waals surface area (Å²) in [5, 5.41) is 17.1. The Hall–Kier alpha value is -1.11. The Morgan fingerprint density at radius 2 is 1.79 bits per heavy atom. The summed E-state index contributed by atoms with van der Waals surface area (Å²) in [5.74, 6) is -5.06. The molecular weight excluding hydrogens is 212 g/mol. The van der Waals surface area contributed by atoms with Gasteiger partial charge in [-0.15, -0.1) is 0 Å². The number of aliphatic carboxylic acids is 2. The molecule has 0 unspecified atom stereocenters. The molecule has 0 aromatic rings. The molecule has 0 spiro atoms. The summed E-state index contributed by atoms with van der Waals surface area (Å²) in [6, 6.07) is 0. The summed E-state index contributed by atoms with van der Waals surface area (Å²) >= 11 is 0. The van der Waals surface area contributed by atoms with Gasteiger partial charge in [0.15, 0.2) is 9.84 Å². The van der Waals surface area contributed by atoms with Gasteiger partial charge in [0.2, 0.25) is 0 Å². The third-order valence-corrected chi connectivity index (χ3v) is 4.03. The van der Waals surface area contributed by atoms with Crippen molar-refractivity contribution >= 4 is 21.8 Å². The highest BCUT2D eigenvalue weighted by atomic mass is 32.2. The Bertz CT molecular complexity index is 356. The smallest absolute Gasteiger partial charge is 0.307 e. The topological polar surface area (TPSA) is 109 Å². The number of hydrogen-bond donors (Lipinski definition) is 2. The summed E-state index contributed by atoms with van der Waals surface area (Å²) in [4.78, 5) is 21.0. The predicted molar refractivity (Wildman–Crippen MR) is 45.5 cm³/mol. The molecule has 2 N–H and O–H groups in total. The molecule has 14 heavy (non-hydrogen) atoms. The van der Waals surface area contributed by atoms with Crippen LogP contribution in [-0.4, -0.2) is 42.1 Å². The maximum absolute atomic E-state index is 11.1. The van der Waals surface area contributed by atoms with E-state index in [2.05, 4.69) is 0 Å². The van der Waals surface area contributed by atoms with E-state index in [0.717, 1.165) is 0 Å². The molecule has 0 saturated carbocycles. The molecule has 1 saturated heterocycles. The van der Waals surface area contributed by atoms with E-state index in [1.54, 1.807) is 0 Å². The van der Waals surface area contributed by atoms with Crippen molar-refractivity contribution in [2.24, 2.45) is 11.8 Å². The Labute approximate surface area is 80.5 Å². The first-order chi connectivity index (χ1) is 6.32. The third kappa shape index (κ3) is 2.44. The molecule has 1 aliphatic rings. The van der Waals surface area contributed by atoms with Crippen LogP contribution in [0.2, 0.25) is 0 Å². The lowest BCUT2D eigenvalue weighted by molar-refractivity contribution is -0.143. The van der Waals surface area contributed by atoms with Crippen LogP contribution in [0.5, 0.6) is 0 Å². The number of sulfone groups is 1. The van der Waals surface area contributed by atoms with Crippen LogP contribution in [0.25, 0.3) is 0 Å². The van der Waals surface area contributed by atoms with Gasteiger partial charge in [-0.3, -0.25) is 9.59 Å². The van der Waals surface area contributed by atoms with Crippen LogP contribution in [0, 0.1) is 11.8 Å². The van der Waals surface area contributed by atoms with E-state index < -0.39 is 45.8 Å². The third-order valence-electron chi connectivity index (χ3n) is 2.22. The minimum absolute atomic E-state index is 0.337. The van der Waals surface area contributed by atoms with Crippen LogP contribution in [0.1, 0.15) is 6.42 Å². The van der Waals surface area contributed by atoms with Crippen LogP contribution < -0.4 is 0 Å². The van der Waals surface area contributed by atoms with Crippen molar-refractivity contribution in [1.82, 2.24) is 0 Å². The number of carboxylic acids is 2. The van der Waals surface area contributed by atoms with Gasteiger partial charge in [0.1, 0.15) is 0 Å². The Morgan fingerprint density at radius 1 is 1.21 bits per heavy atom. The monoisotopic (exact) mass is 222 g/mol. The zero-order valence-electron chi connectivity index (χ0n) is 7.21. The fourth-order valence-electron chi connectivity index (χ4n) is 1.62. The van der Waals surface area contributed by atoms with E-state index >= 15 is 0 Å². The van der Waals surface area contributed by atoms with Crippen molar-refractivity contribution < 1.29 is 28.2 Å². The highest BCUT2D eigenvalue weighted by Crippen LogP contribution is 2.28. The summed E-state index contributed by atoms with van der Waals surface area (Å²) in [7, 11) is -3.38. The van der Waals surface area contributed by atoms with Crippen LogP contribution in [-0.2, 0) is 19.4 Å². The Balaban J connectivity index is 2.83. The molecule has 0 amide bonds. The minimum atomic E-state index is -3.38. The highest BCUT2D eigenvalue weighted by molar-refractivity contribution is 7.91. The average Bonchev–Trinajstić information content (AvgIpc) is 2.24. The standard InChI is InChI=1S/C7H10O6S/c8-6(9)1-4-2-14(12,13)3-5(4)7(10)11/h4-5H,1-3H2,(H,8,9)(H,10,11)/t4-,5+/m0/s1. The molecule has 6 nitrogen and oxygen atoms in total. The Kier molecular flexibility index (Phi) is 2.79. The fraction of sp³-hybridized carbons (Fsp3) is 0.714. The molecule has 1 fully saturated rings. The lowest BCUT2D eigenvalue weighted by Gasteiger charge is -2.10. The number of carbonyl (C=O) groups is 2. The lowest BCUT2D eigenvalue weighted by Crippen LogP contribution is -2.23. The number of rotatable bonds is 3. The van der Waals surface area contributed by atoms with Crippen molar-refractivity contribution in [3.05, 3.63) is 0 Å². The second kappa shape index (κ2) is 3.56. The first-order valence-corrected chi connectivity index (χ1v) is 5.79. The molecule has 0 bridgehead atoms. The quantitative estimate of drug-likeness (QED) is 0.647. The van der Waals surface area contributed by atoms with Gasteiger partial charge in [0.05, 0.1) is 17.4 Å². The lowest BCUT2D eigenvalue weighted by atomic mass is 9.93. The maximum atomic E-state index is 11.1. The summed E-state index contributed by atoms with van der Waals surface area (Å²) in [6.07, 6.45) is -0.407. The fourth-order valence-corrected chi connectivity index (χ4v) is 3.72. The number of carboxylic acid groups (broad SMARTS) is 2. The molecule has 0 radical (unpaired) electrons. The molecule has 1 aliphatic heterocycles. The molecule has 0 aromatic carbocycles. The summed E-state index contributed by atoms with van der Waals surface area (Å²) in [6.45, 7) is 0. The highest BCUT2D eigenvalue weighted by Gasteiger charge is 2.42. The van der Waals surface area contributed by atoms with E-state index in [9.17, 15) is 18.0 Å². The maximum Gasteiger partial charge on any atom is 0.307 e. The average molecular weight is 222 g/mol. The van der Waals surface area contributed by atoms with Gasteiger partial charge in [-0.1, -0.05) is 0 Å². The second-order valence-corrected chi connectivity index (χ2v) is 5.53. The first kappa shape index (κ1) is 11.0. The first-order valence-electron chi connectivity index (χ1n) is 3.97. The van der Waals surface area contributed by atoms with Crippen molar-refractivity contribution in [3.63, 3.8) is 0 Å². The molecule has 0 aromatic heterocycles. The zero-order valence-corrected chi connectivity index (χ0v) is 8.03. The van der Waals surface area contributed by atoms with Gasteiger partial charge in [0.25, 0.3) is 0 Å². The van der Waals surface area contributed by atoms with Crippen LogP contribution >= 0.6 is 0 Å². The summed E-state index contributed by atoms with van der Waals surface area (Å²) in [5.41, 5.74) is 0. The van der Waals surface area contributed by atoms with Gasteiger partial charge in [-0.2, -0.15) is 0 Å². The molecule has 80 valence electrons. The van der Waals surface area contributed by atoms with Crippen molar-refractivity contribution in [3.8, 4) is 0 Å². The van der Waals surface area contributed by atoms with Crippen LogP contribution in [0.4, 0.5) is 0 Å². The van der Waals surface area contributed by atoms with Gasteiger partial charge in [-0.25, -0.2) is 8.42 Å². The largest absolute Gasteiger partial charge is 0.481 e. The predicted octanol–water partition coefficient (Wildman–Crippen LogP) is -0.793. The molecule has 1 rings (SSSR count). The molecule has 1 heterocycles. The molecule has 0 aliphatic carbocycles. The van der Waals surface area contributed by atoms with E-state index in [1.165, 1.54) is 0 Å². The molecule has 7 heteroatoms.